The van der Waals surface area contributed by atoms with E-state index in [9.17, 15) is 23.2 Å². The van der Waals surface area contributed by atoms with Gasteiger partial charge in [-0.15, -0.1) is 0 Å². The fourth-order valence-corrected chi connectivity index (χ4v) is 2.28. The lowest BCUT2D eigenvalue weighted by molar-refractivity contribution is -0.126. The molecule has 10 heteroatoms. The fourth-order valence-electron chi connectivity index (χ4n) is 2.28. The molecule has 2 aromatic rings. The van der Waals surface area contributed by atoms with Crippen molar-refractivity contribution in [2.45, 2.75) is 13.8 Å². The van der Waals surface area contributed by atoms with Gasteiger partial charge >= 0.3 is 5.97 Å². The molecule has 0 fully saturated rings. The highest BCUT2D eigenvalue weighted by atomic mass is 19.2. The quantitative estimate of drug-likeness (QED) is 0.734. The summed E-state index contributed by atoms with van der Waals surface area (Å²) < 4.78 is 32.3. The predicted octanol–water partition coefficient (Wildman–Crippen LogP) is 1.23. The van der Waals surface area contributed by atoms with Crippen molar-refractivity contribution in [1.82, 2.24) is 15.1 Å². The third-order valence-corrected chi connectivity index (χ3v) is 3.70. The van der Waals surface area contributed by atoms with Gasteiger partial charge in [0.15, 0.2) is 18.2 Å². The number of esters is 1. The highest BCUT2D eigenvalue weighted by molar-refractivity contribution is 5.96. The van der Waals surface area contributed by atoms with Crippen molar-refractivity contribution in [3.63, 3.8) is 0 Å². The lowest BCUT2D eigenvalue weighted by atomic mass is 10.2. The number of rotatable bonds is 6. The number of amides is 2. The Morgan fingerprint density at radius 2 is 1.85 bits per heavy atom. The Labute approximate surface area is 153 Å². The Morgan fingerprint density at radius 3 is 2.44 bits per heavy atom. The zero-order chi connectivity index (χ0) is 20.1. The largest absolute Gasteiger partial charge is 0.452 e. The van der Waals surface area contributed by atoms with E-state index in [0.717, 1.165) is 12.1 Å². The van der Waals surface area contributed by atoms with Gasteiger partial charge in [0.1, 0.15) is 5.56 Å². The molecule has 1 heterocycles. The zero-order valence-electron chi connectivity index (χ0n) is 14.9. The van der Waals surface area contributed by atoms with E-state index >= 15 is 0 Å². The van der Waals surface area contributed by atoms with Crippen LogP contribution in [0.2, 0.25) is 0 Å². The van der Waals surface area contributed by atoms with Gasteiger partial charge in [0.05, 0.1) is 12.2 Å². The van der Waals surface area contributed by atoms with Crippen molar-refractivity contribution in [1.29, 1.82) is 0 Å². The molecule has 0 spiro atoms. The van der Waals surface area contributed by atoms with E-state index in [2.05, 4.69) is 15.7 Å². The molecule has 8 nitrogen and oxygen atoms in total. The van der Waals surface area contributed by atoms with Crippen LogP contribution in [-0.4, -0.2) is 40.7 Å². The molecule has 0 atom stereocenters. The third kappa shape index (κ3) is 5.09. The second-order valence-electron chi connectivity index (χ2n) is 5.70. The highest BCUT2D eigenvalue weighted by Crippen LogP contribution is 2.13. The lowest BCUT2D eigenvalue weighted by Crippen LogP contribution is -2.35. The molecule has 2 rings (SSSR count). The van der Waals surface area contributed by atoms with Gasteiger partial charge in [-0.25, -0.2) is 13.6 Å². The molecule has 0 aliphatic rings. The molecule has 0 aliphatic heterocycles. The zero-order valence-corrected chi connectivity index (χ0v) is 14.9. The minimum Gasteiger partial charge on any atom is -0.452 e. The summed E-state index contributed by atoms with van der Waals surface area (Å²) in [6.07, 6.45) is 0. The smallest absolute Gasteiger partial charge is 0.342 e. The van der Waals surface area contributed by atoms with Crippen LogP contribution in [0.1, 0.15) is 21.7 Å². The minimum atomic E-state index is -1.11. The third-order valence-electron chi connectivity index (χ3n) is 3.70. The number of anilines is 1. The van der Waals surface area contributed by atoms with Crippen molar-refractivity contribution in [3.05, 3.63) is 46.8 Å². The number of halogens is 2. The van der Waals surface area contributed by atoms with Crippen LogP contribution < -0.4 is 10.6 Å². The molecule has 27 heavy (non-hydrogen) atoms. The number of carbonyl (C=O) groups excluding carboxylic acids is 3. The number of hydrogen-bond donors (Lipinski definition) is 2. The SMILES string of the molecule is Cc1nn(C)c(C)c1C(=O)OCC(=O)NCC(=O)Nc1ccc(F)c(F)c1. The van der Waals surface area contributed by atoms with E-state index in [1.165, 1.54) is 10.7 Å². The van der Waals surface area contributed by atoms with E-state index in [1.807, 2.05) is 0 Å². The van der Waals surface area contributed by atoms with Crippen molar-refractivity contribution >= 4 is 23.5 Å². The summed E-state index contributed by atoms with van der Waals surface area (Å²) >= 11 is 0. The molecule has 0 saturated carbocycles. The summed E-state index contributed by atoms with van der Waals surface area (Å²) in [5.74, 6) is -4.19. The van der Waals surface area contributed by atoms with Crippen LogP contribution in [0.15, 0.2) is 18.2 Å². The number of hydrogen-bond acceptors (Lipinski definition) is 5. The van der Waals surface area contributed by atoms with Gasteiger partial charge in [0.25, 0.3) is 5.91 Å². The number of benzene rings is 1. The van der Waals surface area contributed by atoms with Gasteiger partial charge in [-0.3, -0.25) is 14.3 Å². The molecule has 1 aromatic heterocycles. The van der Waals surface area contributed by atoms with Gasteiger partial charge in [-0.2, -0.15) is 5.10 Å². The normalized spacial score (nSPS) is 10.4. The molecule has 0 unspecified atom stereocenters. The minimum absolute atomic E-state index is 0.0436. The van der Waals surface area contributed by atoms with Crippen LogP contribution in [0.5, 0.6) is 0 Å². The monoisotopic (exact) mass is 380 g/mol. The van der Waals surface area contributed by atoms with Crippen LogP contribution in [0.3, 0.4) is 0 Å². The summed E-state index contributed by atoms with van der Waals surface area (Å²) in [5.41, 5.74) is 1.40. The number of nitrogens with one attached hydrogen (secondary N) is 2. The Balaban J connectivity index is 1.79. The first-order valence-corrected chi connectivity index (χ1v) is 7.88. The second kappa shape index (κ2) is 8.39. The van der Waals surface area contributed by atoms with Crippen molar-refractivity contribution in [3.8, 4) is 0 Å². The molecular weight excluding hydrogens is 362 g/mol. The number of ether oxygens (including phenoxy) is 1. The van der Waals surface area contributed by atoms with Crippen LogP contribution in [0.4, 0.5) is 14.5 Å². The first-order chi connectivity index (χ1) is 12.7. The molecule has 0 saturated heterocycles. The van der Waals surface area contributed by atoms with E-state index in [0.29, 0.717) is 11.4 Å². The Bertz CT molecular complexity index is 895. The summed E-state index contributed by atoms with van der Waals surface area (Å²) in [4.78, 5) is 35.5. The van der Waals surface area contributed by atoms with E-state index in [4.69, 9.17) is 4.74 Å². The van der Waals surface area contributed by atoms with E-state index in [-0.39, 0.29) is 11.3 Å². The molecule has 2 N–H and O–H groups in total. The highest BCUT2D eigenvalue weighted by Gasteiger charge is 2.19. The summed E-state index contributed by atoms with van der Waals surface area (Å²) in [6, 6.07) is 2.86. The molecule has 0 radical (unpaired) electrons. The van der Waals surface area contributed by atoms with Crippen molar-refractivity contribution < 1.29 is 27.9 Å². The number of aryl methyl sites for hydroxylation is 2. The van der Waals surface area contributed by atoms with Gasteiger partial charge in [-0.1, -0.05) is 0 Å². The first kappa shape index (κ1) is 20.0. The van der Waals surface area contributed by atoms with Gasteiger partial charge in [0.2, 0.25) is 5.91 Å². The van der Waals surface area contributed by atoms with Crippen molar-refractivity contribution in [2.75, 3.05) is 18.5 Å². The number of aromatic nitrogens is 2. The van der Waals surface area contributed by atoms with E-state index in [1.54, 1.807) is 20.9 Å². The van der Waals surface area contributed by atoms with Crippen molar-refractivity contribution in [2.24, 2.45) is 7.05 Å². The molecule has 2 amide bonds. The maximum atomic E-state index is 13.1. The Hall–Kier alpha value is -3.30. The molecule has 1 aromatic carbocycles. The fraction of sp³-hybridized carbons (Fsp3) is 0.294. The summed E-state index contributed by atoms with van der Waals surface area (Å²) in [6.45, 7) is 2.33. The second-order valence-corrected chi connectivity index (χ2v) is 5.70. The topological polar surface area (TPSA) is 102 Å². The summed E-state index contributed by atoms with van der Waals surface area (Å²) in [7, 11) is 1.68. The average molecular weight is 380 g/mol. The van der Waals surface area contributed by atoms with Crippen LogP contribution >= 0.6 is 0 Å². The maximum Gasteiger partial charge on any atom is 0.342 e. The first-order valence-electron chi connectivity index (χ1n) is 7.88. The number of carbonyl (C=O) groups is 3. The average Bonchev–Trinajstić information content (AvgIpc) is 2.86. The van der Waals surface area contributed by atoms with E-state index < -0.39 is 42.6 Å². The van der Waals surface area contributed by atoms with Crippen LogP contribution in [0, 0.1) is 25.5 Å². The maximum absolute atomic E-state index is 13.1. The van der Waals surface area contributed by atoms with Gasteiger partial charge in [-0.05, 0) is 26.0 Å². The van der Waals surface area contributed by atoms with Gasteiger partial charge < -0.3 is 15.4 Å². The molecular formula is C17H18F2N4O4. The standard InChI is InChI=1S/C17H18F2N4O4/c1-9-16(10(2)23(3)22-9)17(26)27-8-15(25)20-7-14(24)21-11-4-5-12(18)13(19)6-11/h4-6H,7-8H2,1-3H3,(H,20,25)(H,21,24). The predicted molar refractivity (Wildman–Crippen MR) is 91.0 cm³/mol. The summed E-state index contributed by atoms with van der Waals surface area (Å²) in [5, 5.41) is 8.63. The lowest BCUT2D eigenvalue weighted by Gasteiger charge is -2.08. The number of nitrogens with zero attached hydrogens (tertiary/aromatic N) is 2. The van der Waals surface area contributed by atoms with Crippen LogP contribution in [-0.2, 0) is 21.4 Å². The van der Waals surface area contributed by atoms with Crippen LogP contribution in [0.25, 0.3) is 0 Å². The Morgan fingerprint density at radius 1 is 1.15 bits per heavy atom. The molecule has 0 aliphatic carbocycles. The van der Waals surface area contributed by atoms with Gasteiger partial charge in [0, 0.05) is 24.5 Å². The Kier molecular flexibility index (Phi) is 6.22. The molecule has 144 valence electrons. The molecule has 0 bridgehead atoms.